The van der Waals surface area contributed by atoms with Crippen LogP contribution in [-0.2, 0) is 12.8 Å². The molecule has 0 atom stereocenters. The zero-order chi connectivity index (χ0) is 17.9. The van der Waals surface area contributed by atoms with Crippen LogP contribution in [0.25, 0.3) is 16.9 Å². The molecule has 0 aliphatic heterocycles. The summed E-state index contributed by atoms with van der Waals surface area (Å²) in [6.45, 7) is 4.31. The van der Waals surface area contributed by atoms with Crippen LogP contribution in [0.5, 0.6) is 0 Å². The molecule has 0 radical (unpaired) electrons. The normalized spacial score (nSPS) is 13.9. The van der Waals surface area contributed by atoms with Crippen LogP contribution in [-0.4, -0.2) is 19.7 Å². The molecule has 0 saturated heterocycles. The molecule has 0 aromatic carbocycles. The Morgan fingerprint density at radius 2 is 2.00 bits per heavy atom. The zero-order valence-corrected chi connectivity index (χ0v) is 15.7. The van der Waals surface area contributed by atoms with Crippen LogP contribution in [0.4, 0.5) is 0 Å². The van der Waals surface area contributed by atoms with Gasteiger partial charge in [-0.05, 0) is 55.4 Å². The predicted molar refractivity (Wildman–Crippen MR) is 104 cm³/mol. The molecule has 0 spiro atoms. The fraction of sp³-hybridized carbons (Fsp3) is 0.409. The summed E-state index contributed by atoms with van der Waals surface area (Å²) in [6, 6.07) is 6.40. The molecule has 1 aliphatic carbocycles. The highest BCUT2D eigenvalue weighted by Gasteiger charge is 2.20. The lowest BCUT2D eigenvalue weighted by Crippen LogP contribution is -1.97. The number of pyridine rings is 2. The van der Waals surface area contributed by atoms with Crippen LogP contribution in [0.1, 0.15) is 49.4 Å². The Morgan fingerprint density at radius 3 is 2.77 bits per heavy atom. The summed E-state index contributed by atoms with van der Waals surface area (Å²) in [7, 11) is 0. The van der Waals surface area contributed by atoms with Crippen LogP contribution in [0, 0.1) is 12.8 Å². The maximum Gasteiger partial charge on any atom is 0.0763 e. The van der Waals surface area contributed by atoms with Crippen molar-refractivity contribution in [1.82, 2.24) is 19.7 Å². The maximum atomic E-state index is 4.74. The molecule has 26 heavy (non-hydrogen) atoms. The summed E-state index contributed by atoms with van der Waals surface area (Å²) in [5.41, 5.74) is 6.81. The van der Waals surface area contributed by atoms with Gasteiger partial charge < -0.3 is 0 Å². The lowest BCUT2D eigenvalue weighted by atomic mass is 10.0. The molecule has 0 N–H and O–H groups in total. The van der Waals surface area contributed by atoms with Crippen molar-refractivity contribution in [3.63, 3.8) is 0 Å². The summed E-state index contributed by atoms with van der Waals surface area (Å²) in [4.78, 5) is 9.16. The third kappa shape index (κ3) is 3.85. The van der Waals surface area contributed by atoms with E-state index in [1.807, 2.05) is 29.3 Å². The van der Waals surface area contributed by atoms with Crippen LogP contribution < -0.4 is 0 Å². The second-order valence-electron chi connectivity index (χ2n) is 7.42. The van der Waals surface area contributed by atoms with Gasteiger partial charge in [0.2, 0.25) is 0 Å². The second kappa shape index (κ2) is 7.40. The molecule has 4 rings (SSSR count). The van der Waals surface area contributed by atoms with Crippen molar-refractivity contribution in [2.75, 3.05) is 0 Å². The highest BCUT2D eigenvalue weighted by atomic mass is 15.3. The van der Waals surface area contributed by atoms with Gasteiger partial charge in [-0.3, -0.25) is 9.97 Å². The average Bonchev–Trinajstić information content (AvgIpc) is 3.35. The van der Waals surface area contributed by atoms with Crippen molar-refractivity contribution in [3.8, 4) is 16.9 Å². The van der Waals surface area contributed by atoms with E-state index >= 15 is 0 Å². The highest BCUT2D eigenvalue weighted by molar-refractivity contribution is 5.62. The van der Waals surface area contributed by atoms with Crippen molar-refractivity contribution in [2.24, 2.45) is 5.92 Å². The second-order valence-corrected chi connectivity index (χ2v) is 7.42. The molecule has 1 saturated carbocycles. The molecule has 3 heterocycles. The van der Waals surface area contributed by atoms with E-state index < -0.39 is 0 Å². The Morgan fingerprint density at radius 1 is 1.12 bits per heavy atom. The number of hydrogen-bond acceptors (Lipinski definition) is 3. The fourth-order valence-electron chi connectivity index (χ4n) is 3.44. The van der Waals surface area contributed by atoms with Crippen molar-refractivity contribution < 1.29 is 0 Å². The van der Waals surface area contributed by atoms with E-state index in [9.17, 15) is 0 Å². The molecule has 4 nitrogen and oxygen atoms in total. The third-order valence-electron chi connectivity index (χ3n) is 5.10. The van der Waals surface area contributed by atoms with Gasteiger partial charge in [0.1, 0.15) is 0 Å². The van der Waals surface area contributed by atoms with Gasteiger partial charge in [0.05, 0.1) is 17.6 Å². The lowest BCUT2D eigenvalue weighted by Gasteiger charge is -2.06. The minimum Gasteiger partial charge on any atom is -0.261 e. The fourth-order valence-corrected chi connectivity index (χ4v) is 3.44. The van der Waals surface area contributed by atoms with Gasteiger partial charge in [-0.1, -0.05) is 32.3 Å². The molecule has 1 fully saturated rings. The van der Waals surface area contributed by atoms with Gasteiger partial charge >= 0.3 is 0 Å². The molecular weight excluding hydrogens is 320 g/mol. The smallest absolute Gasteiger partial charge is 0.0763 e. The zero-order valence-electron chi connectivity index (χ0n) is 15.7. The Balaban J connectivity index is 1.54. The summed E-state index contributed by atoms with van der Waals surface area (Å²) >= 11 is 0. The van der Waals surface area contributed by atoms with Gasteiger partial charge in [-0.15, -0.1) is 0 Å². The van der Waals surface area contributed by atoms with E-state index in [0.29, 0.717) is 0 Å². The van der Waals surface area contributed by atoms with Crippen molar-refractivity contribution in [1.29, 1.82) is 0 Å². The Bertz CT molecular complexity index is 893. The van der Waals surface area contributed by atoms with Crippen LogP contribution in [0.15, 0.2) is 43.0 Å². The van der Waals surface area contributed by atoms with E-state index in [1.165, 1.54) is 30.4 Å². The maximum absolute atomic E-state index is 4.74. The van der Waals surface area contributed by atoms with E-state index in [4.69, 9.17) is 4.98 Å². The SMILES string of the molecule is CCCc1cc(-n2cc(-c3ncc(CCC4CC4)cc3C)cn2)ccn1. The van der Waals surface area contributed by atoms with Crippen LogP contribution >= 0.6 is 0 Å². The molecule has 3 aromatic rings. The first-order valence-electron chi connectivity index (χ1n) is 9.69. The molecule has 134 valence electrons. The number of rotatable bonds is 7. The lowest BCUT2D eigenvalue weighted by molar-refractivity contribution is 0.724. The molecule has 0 bridgehead atoms. The van der Waals surface area contributed by atoms with Gasteiger partial charge in [0.15, 0.2) is 0 Å². The van der Waals surface area contributed by atoms with E-state index in [-0.39, 0.29) is 0 Å². The highest BCUT2D eigenvalue weighted by Crippen LogP contribution is 2.33. The monoisotopic (exact) mass is 346 g/mol. The number of nitrogens with zero attached hydrogens (tertiary/aromatic N) is 4. The molecule has 3 aromatic heterocycles. The minimum atomic E-state index is 0.964. The Hall–Kier alpha value is -2.49. The number of aromatic nitrogens is 4. The topological polar surface area (TPSA) is 43.6 Å². The van der Waals surface area contributed by atoms with Crippen LogP contribution in [0.2, 0.25) is 0 Å². The summed E-state index contributed by atoms with van der Waals surface area (Å²) in [6.07, 6.45) is 15.2. The molecule has 0 unspecified atom stereocenters. The van der Waals surface area contributed by atoms with Gasteiger partial charge in [-0.25, -0.2) is 4.68 Å². The van der Waals surface area contributed by atoms with Gasteiger partial charge in [0, 0.05) is 29.8 Å². The van der Waals surface area contributed by atoms with Crippen molar-refractivity contribution in [2.45, 2.75) is 52.4 Å². The van der Waals surface area contributed by atoms with Crippen molar-refractivity contribution >= 4 is 0 Å². The largest absolute Gasteiger partial charge is 0.261 e. The Labute approximate surface area is 155 Å². The minimum absolute atomic E-state index is 0.964. The van der Waals surface area contributed by atoms with E-state index in [1.54, 1.807) is 0 Å². The van der Waals surface area contributed by atoms with Crippen molar-refractivity contribution in [3.05, 3.63) is 59.8 Å². The quantitative estimate of drug-likeness (QED) is 0.609. The standard InChI is InChI=1S/C22H26N4/c1-3-4-20-12-21(9-10-23-20)26-15-19(14-25-26)22-16(2)11-18(13-24-22)8-7-17-5-6-17/h9-15,17H,3-8H2,1-2H3. The van der Waals surface area contributed by atoms with Gasteiger partial charge in [-0.2, -0.15) is 5.10 Å². The summed E-state index contributed by atoms with van der Waals surface area (Å²) < 4.78 is 1.91. The molecule has 1 aliphatic rings. The molecule has 0 amide bonds. The number of hydrogen-bond donors (Lipinski definition) is 0. The van der Waals surface area contributed by atoms with E-state index in [2.05, 4.69) is 42.3 Å². The predicted octanol–water partition coefficient (Wildman–Crippen LogP) is 4.93. The summed E-state index contributed by atoms with van der Waals surface area (Å²) in [5, 5.41) is 4.54. The Kier molecular flexibility index (Phi) is 4.83. The van der Waals surface area contributed by atoms with Crippen LogP contribution in [0.3, 0.4) is 0 Å². The molecular formula is C22H26N4. The first-order valence-corrected chi connectivity index (χ1v) is 9.69. The number of aryl methyl sites for hydroxylation is 3. The van der Waals surface area contributed by atoms with Gasteiger partial charge in [0.25, 0.3) is 0 Å². The summed E-state index contributed by atoms with van der Waals surface area (Å²) in [5.74, 6) is 0.964. The first-order chi connectivity index (χ1) is 12.7. The average molecular weight is 346 g/mol. The third-order valence-corrected chi connectivity index (χ3v) is 5.10. The molecule has 4 heteroatoms. The first kappa shape index (κ1) is 17.0. The van der Waals surface area contributed by atoms with E-state index in [0.717, 1.165) is 47.8 Å².